The summed E-state index contributed by atoms with van der Waals surface area (Å²) in [7, 11) is 0. The highest BCUT2D eigenvalue weighted by Crippen LogP contribution is 2.18. The lowest BCUT2D eigenvalue weighted by Gasteiger charge is -2.15. The van der Waals surface area contributed by atoms with E-state index in [1.807, 2.05) is 11.8 Å². The van der Waals surface area contributed by atoms with Gasteiger partial charge in [0.1, 0.15) is 5.76 Å². The van der Waals surface area contributed by atoms with E-state index in [0.717, 1.165) is 37.4 Å². The second kappa shape index (κ2) is 5.32. The van der Waals surface area contributed by atoms with Crippen molar-refractivity contribution in [3.8, 4) is 0 Å². The maximum absolute atomic E-state index is 12.3. The fraction of sp³-hybridized carbons (Fsp3) is 0.357. The second-order valence-corrected chi connectivity index (χ2v) is 4.91. The van der Waals surface area contributed by atoms with E-state index in [0.29, 0.717) is 11.4 Å². The number of nitrogens with one attached hydrogen (secondary N) is 1. The molecule has 1 aliphatic heterocycles. The topological polar surface area (TPSA) is 71.3 Å². The van der Waals surface area contributed by atoms with Crippen LogP contribution in [-0.4, -0.2) is 34.0 Å². The average molecular weight is 272 g/mol. The molecule has 0 atom stereocenters. The number of pyridine rings is 1. The van der Waals surface area contributed by atoms with E-state index in [4.69, 9.17) is 4.52 Å². The van der Waals surface area contributed by atoms with Crippen molar-refractivity contribution in [1.82, 2.24) is 15.0 Å². The largest absolute Gasteiger partial charge is 0.360 e. The molecular weight excluding hydrogens is 256 g/mol. The van der Waals surface area contributed by atoms with Crippen molar-refractivity contribution >= 4 is 17.4 Å². The summed E-state index contributed by atoms with van der Waals surface area (Å²) >= 11 is 0. The molecule has 0 radical (unpaired) electrons. The molecule has 0 aliphatic carbocycles. The quantitative estimate of drug-likeness (QED) is 0.928. The van der Waals surface area contributed by atoms with E-state index < -0.39 is 0 Å². The van der Waals surface area contributed by atoms with E-state index in [1.54, 1.807) is 24.5 Å². The average Bonchev–Trinajstić information content (AvgIpc) is 3.10. The molecule has 0 bridgehead atoms. The van der Waals surface area contributed by atoms with E-state index >= 15 is 0 Å². The SMILES string of the molecule is Cc1cc(Nc2cncc(C(=O)N3CCCC3)c2)no1. The third-order valence-corrected chi connectivity index (χ3v) is 3.28. The highest BCUT2D eigenvalue weighted by atomic mass is 16.5. The van der Waals surface area contributed by atoms with Gasteiger partial charge in [-0.1, -0.05) is 5.16 Å². The molecular formula is C14H16N4O2. The van der Waals surface area contributed by atoms with E-state index in [1.165, 1.54) is 0 Å². The van der Waals surface area contributed by atoms with Crippen molar-refractivity contribution in [2.75, 3.05) is 18.4 Å². The maximum atomic E-state index is 12.3. The van der Waals surface area contributed by atoms with Gasteiger partial charge in [-0.25, -0.2) is 0 Å². The van der Waals surface area contributed by atoms with Gasteiger partial charge in [0.05, 0.1) is 17.4 Å². The van der Waals surface area contributed by atoms with E-state index in [9.17, 15) is 4.79 Å². The van der Waals surface area contributed by atoms with Crippen LogP contribution in [0.1, 0.15) is 29.0 Å². The van der Waals surface area contributed by atoms with Crippen LogP contribution in [0.5, 0.6) is 0 Å². The van der Waals surface area contributed by atoms with Crippen LogP contribution in [0.15, 0.2) is 29.0 Å². The van der Waals surface area contributed by atoms with Gasteiger partial charge in [-0.2, -0.15) is 0 Å². The zero-order chi connectivity index (χ0) is 13.9. The van der Waals surface area contributed by atoms with Gasteiger partial charge in [0, 0.05) is 25.4 Å². The number of carbonyl (C=O) groups is 1. The Morgan fingerprint density at radius 1 is 1.30 bits per heavy atom. The van der Waals surface area contributed by atoms with Crippen LogP contribution in [0.2, 0.25) is 0 Å². The number of anilines is 2. The number of nitrogens with zero attached hydrogens (tertiary/aromatic N) is 3. The highest BCUT2D eigenvalue weighted by Gasteiger charge is 2.19. The lowest BCUT2D eigenvalue weighted by molar-refractivity contribution is 0.0792. The lowest BCUT2D eigenvalue weighted by atomic mass is 10.2. The third kappa shape index (κ3) is 2.64. The lowest BCUT2D eigenvalue weighted by Crippen LogP contribution is -2.27. The molecule has 104 valence electrons. The Balaban J connectivity index is 1.76. The first-order chi connectivity index (χ1) is 9.72. The molecule has 1 N–H and O–H groups in total. The Hall–Kier alpha value is -2.37. The summed E-state index contributed by atoms with van der Waals surface area (Å²) in [5.74, 6) is 1.37. The summed E-state index contributed by atoms with van der Waals surface area (Å²) in [5, 5.41) is 6.93. The summed E-state index contributed by atoms with van der Waals surface area (Å²) < 4.78 is 4.99. The van der Waals surface area contributed by atoms with Crippen LogP contribution in [0.25, 0.3) is 0 Å². The van der Waals surface area contributed by atoms with Gasteiger partial charge in [0.25, 0.3) is 5.91 Å². The molecule has 0 unspecified atom stereocenters. The van der Waals surface area contributed by atoms with Crippen LogP contribution in [0, 0.1) is 6.92 Å². The first-order valence-electron chi connectivity index (χ1n) is 6.67. The van der Waals surface area contributed by atoms with Crippen LogP contribution >= 0.6 is 0 Å². The fourth-order valence-corrected chi connectivity index (χ4v) is 2.30. The molecule has 3 rings (SSSR count). The van der Waals surface area contributed by atoms with Gasteiger partial charge in [0.2, 0.25) is 0 Å². The standard InChI is InChI=1S/C14H16N4O2/c1-10-6-13(17-20-10)16-12-7-11(8-15-9-12)14(19)18-4-2-3-5-18/h6-9H,2-5H2,1H3,(H,16,17). The number of hydrogen-bond donors (Lipinski definition) is 1. The number of carbonyl (C=O) groups excluding carboxylic acids is 1. The summed E-state index contributed by atoms with van der Waals surface area (Å²) in [6.07, 6.45) is 5.41. The monoisotopic (exact) mass is 272 g/mol. The Bertz CT molecular complexity index is 617. The number of aromatic nitrogens is 2. The van der Waals surface area contributed by atoms with Gasteiger partial charge < -0.3 is 14.7 Å². The number of likely N-dealkylation sites (tertiary alicyclic amines) is 1. The smallest absolute Gasteiger partial charge is 0.255 e. The Morgan fingerprint density at radius 3 is 2.80 bits per heavy atom. The number of aryl methyl sites for hydroxylation is 1. The van der Waals surface area contributed by atoms with E-state index in [-0.39, 0.29) is 5.91 Å². The van der Waals surface area contributed by atoms with Crippen LogP contribution < -0.4 is 5.32 Å². The van der Waals surface area contributed by atoms with Crippen molar-refractivity contribution in [3.05, 3.63) is 35.9 Å². The molecule has 1 amide bonds. The zero-order valence-corrected chi connectivity index (χ0v) is 11.3. The van der Waals surface area contributed by atoms with Crippen molar-refractivity contribution in [1.29, 1.82) is 0 Å². The van der Waals surface area contributed by atoms with Gasteiger partial charge in [-0.05, 0) is 25.8 Å². The van der Waals surface area contributed by atoms with Gasteiger partial charge in [0.15, 0.2) is 5.82 Å². The van der Waals surface area contributed by atoms with Crippen molar-refractivity contribution in [2.24, 2.45) is 0 Å². The molecule has 2 aromatic heterocycles. The van der Waals surface area contributed by atoms with Gasteiger partial charge in [-0.3, -0.25) is 9.78 Å². The molecule has 0 saturated carbocycles. The Kier molecular flexibility index (Phi) is 3.37. The van der Waals surface area contributed by atoms with Crippen LogP contribution in [0.4, 0.5) is 11.5 Å². The van der Waals surface area contributed by atoms with Gasteiger partial charge in [-0.15, -0.1) is 0 Å². The molecule has 3 heterocycles. The van der Waals surface area contributed by atoms with Crippen molar-refractivity contribution < 1.29 is 9.32 Å². The summed E-state index contributed by atoms with van der Waals surface area (Å²) in [6.45, 7) is 3.49. The number of rotatable bonds is 3. The summed E-state index contributed by atoms with van der Waals surface area (Å²) in [6, 6.07) is 3.58. The van der Waals surface area contributed by atoms with Crippen molar-refractivity contribution in [2.45, 2.75) is 19.8 Å². The Morgan fingerprint density at radius 2 is 2.10 bits per heavy atom. The Labute approximate surface area is 116 Å². The predicted molar refractivity (Wildman–Crippen MR) is 73.9 cm³/mol. The first-order valence-corrected chi connectivity index (χ1v) is 6.67. The van der Waals surface area contributed by atoms with Gasteiger partial charge >= 0.3 is 0 Å². The molecule has 0 aromatic carbocycles. The molecule has 0 spiro atoms. The molecule has 20 heavy (non-hydrogen) atoms. The van der Waals surface area contributed by atoms with E-state index in [2.05, 4.69) is 15.5 Å². The molecule has 1 aliphatic rings. The molecule has 1 saturated heterocycles. The van der Waals surface area contributed by atoms with Crippen LogP contribution in [-0.2, 0) is 0 Å². The number of hydrogen-bond acceptors (Lipinski definition) is 5. The minimum absolute atomic E-state index is 0.0370. The normalized spacial score (nSPS) is 14.6. The molecule has 6 heteroatoms. The zero-order valence-electron chi connectivity index (χ0n) is 11.3. The highest BCUT2D eigenvalue weighted by molar-refractivity contribution is 5.95. The minimum Gasteiger partial charge on any atom is -0.360 e. The predicted octanol–water partition coefficient (Wildman–Crippen LogP) is 2.36. The van der Waals surface area contributed by atoms with Crippen LogP contribution in [0.3, 0.4) is 0 Å². The first kappa shape index (κ1) is 12.7. The molecule has 1 fully saturated rings. The van der Waals surface area contributed by atoms with Crippen molar-refractivity contribution in [3.63, 3.8) is 0 Å². The minimum atomic E-state index is 0.0370. The summed E-state index contributed by atoms with van der Waals surface area (Å²) in [5.41, 5.74) is 1.32. The number of amides is 1. The molecule has 2 aromatic rings. The fourth-order valence-electron chi connectivity index (χ4n) is 2.30. The second-order valence-electron chi connectivity index (χ2n) is 4.91. The summed E-state index contributed by atoms with van der Waals surface area (Å²) in [4.78, 5) is 18.3. The molecule has 6 nitrogen and oxygen atoms in total. The maximum Gasteiger partial charge on any atom is 0.255 e. The third-order valence-electron chi connectivity index (χ3n) is 3.28.